The minimum absolute atomic E-state index is 0.0135. The van der Waals surface area contributed by atoms with Gasteiger partial charge in [-0.1, -0.05) is 12.1 Å². The molecule has 1 fully saturated rings. The average Bonchev–Trinajstić information content (AvgIpc) is 3.15. The van der Waals surface area contributed by atoms with Crippen LogP contribution >= 0.6 is 0 Å². The van der Waals surface area contributed by atoms with Gasteiger partial charge in [0.15, 0.2) is 0 Å². The minimum atomic E-state index is -0.341. The van der Waals surface area contributed by atoms with Gasteiger partial charge in [0.25, 0.3) is 0 Å². The number of nitrogens with one attached hydrogen (secondary N) is 1. The molecule has 2 aliphatic rings. The third-order valence-corrected chi connectivity index (χ3v) is 6.37. The van der Waals surface area contributed by atoms with Crippen molar-refractivity contribution < 1.29 is 19.0 Å². The van der Waals surface area contributed by atoms with Crippen molar-refractivity contribution in [2.75, 3.05) is 34.4 Å². The molecule has 4 rings (SSSR count). The third kappa shape index (κ3) is 3.21. The van der Waals surface area contributed by atoms with Gasteiger partial charge in [-0.3, -0.25) is 4.90 Å². The summed E-state index contributed by atoms with van der Waals surface area (Å²) in [5.41, 5.74) is 4.22. The molecule has 3 atom stereocenters. The van der Waals surface area contributed by atoms with Gasteiger partial charge in [-0.15, -0.1) is 6.58 Å². The van der Waals surface area contributed by atoms with Crippen molar-refractivity contribution in [1.82, 2.24) is 9.88 Å². The largest absolute Gasteiger partial charge is 0.504 e. The molecular formula is C23H28N2O4. The first-order valence-corrected chi connectivity index (χ1v) is 9.98. The number of benzene rings is 1. The summed E-state index contributed by atoms with van der Waals surface area (Å²) in [4.78, 5) is 18.6. The number of esters is 1. The molecule has 2 aromatic rings. The Morgan fingerprint density at radius 3 is 2.83 bits per heavy atom. The molecule has 0 aliphatic carbocycles. The maximum Gasteiger partial charge on any atom is 0.337 e. The number of H-pyrrole nitrogens is 1. The number of ether oxygens (including phenoxy) is 3. The smallest absolute Gasteiger partial charge is 0.337 e. The number of nitrogens with zero attached hydrogens (tertiary/aromatic N) is 1. The number of hydrogen-bond donors (Lipinski definition) is 1. The molecule has 1 aromatic heterocycles. The van der Waals surface area contributed by atoms with Crippen LogP contribution in [0.3, 0.4) is 0 Å². The van der Waals surface area contributed by atoms with Gasteiger partial charge in [0.1, 0.15) is 5.75 Å². The molecule has 1 saturated heterocycles. The van der Waals surface area contributed by atoms with Crippen LogP contribution in [0.1, 0.15) is 23.7 Å². The van der Waals surface area contributed by atoms with Crippen LogP contribution in [0.25, 0.3) is 10.9 Å². The molecule has 6 nitrogen and oxygen atoms in total. The van der Waals surface area contributed by atoms with Crippen molar-refractivity contribution in [2.24, 2.45) is 11.8 Å². The van der Waals surface area contributed by atoms with Gasteiger partial charge in [0.2, 0.25) is 0 Å². The topological polar surface area (TPSA) is 63.8 Å². The van der Waals surface area contributed by atoms with Crippen molar-refractivity contribution in [1.29, 1.82) is 0 Å². The highest BCUT2D eigenvalue weighted by molar-refractivity contribution is 5.91. The Morgan fingerprint density at radius 2 is 2.14 bits per heavy atom. The van der Waals surface area contributed by atoms with Gasteiger partial charge in [0.05, 0.1) is 39.2 Å². The van der Waals surface area contributed by atoms with E-state index in [0.29, 0.717) is 5.57 Å². The van der Waals surface area contributed by atoms with Gasteiger partial charge < -0.3 is 19.2 Å². The van der Waals surface area contributed by atoms with Gasteiger partial charge in [-0.25, -0.2) is 4.79 Å². The SMILES string of the molecule is C=C[C@H]1CN2CCc3c([nH]c4cccc(OC)c34)[C@H]2C[C@@H]1/C(=C/OC)C(=O)OC. The molecule has 0 bridgehead atoms. The minimum Gasteiger partial charge on any atom is -0.504 e. The molecule has 2 aliphatic heterocycles. The van der Waals surface area contributed by atoms with Gasteiger partial charge in [-0.05, 0) is 36.5 Å². The Bertz CT molecular complexity index is 961. The second-order valence-electron chi connectivity index (χ2n) is 7.70. The van der Waals surface area contributed by atoms with Crippen LogP contribution in [-0.2, 0) is 20.7 Å². The molecule has 154 valence electrons. The number of methoxy groups -OCH3 is 3. The molecule has 1 aromatic carbocycles. The van der Waals surface area contributed by atoms with E-state index < -0.39 is 0 Å². The zero-order chi connectivity index (χ0) is 20.5. The van der Waals surface area contributed by atoms with Crippen LogP contribution in [0.15, 0.2) is 42.7 Å². The van der Waals surface area contributed by atoms with Crippen molar-refractivity contribution in [2.45, 2.75) is 18.9 Å². The van der Waals surface area contributed by atoms with Crippen molar-refractivity contribution in [3.8, 4) is 5.75 Å². The van der Waals surface area contributed by atoms with E-state index in [4.69, 9.17) is 14.2 Å². The molecule has 0 spiro atoms. The Kier molecular flexibility index (Phi) is 5.37. The van der Waals surface area contributed by atoms with Crippen LogP contribution < -0.4 is 4.74 Å². The molecule has 0 amide bonds. The van der Waals surface area contributed by atoms with E-state index in [2.05, 4.69) is 22.5 Å². The van der Waals surface area contributed by atoms with Gasteiger partial charge in [0, 0.05) is 35.6 Å². The number of aromatic amines is 1. The fourth-order valence-corrected chi connectivity index (χ4v) is 5.04. The van der Waals surface area contributed by atoms with E-state index in [1.54, 1.807) is 14.2 Å². The lowest BCUT2D eigenvalue weighted by molar-refractivity contribution is -0.137. The standard InChI is InChI=1S/C23H28N2O4/c1-5-14-12-25-10-9-15-21-18(7-6-8-20(21)28-3)24-22(15)19(25)11-16(14)17(13-27-2)23(26)29-4/h5-8,13-14,16,19,24H,1,9-12H2,2-4H3/b17-13-/t14-,16-,19+/m0/s1. The number of carbonyl (C=O) groups is 1. The number of aromatic nitrogens is 1. The third-order valence-electron chi connectivity index (χ3n) is 6.37. The van der Waals surface area contributed by atoms with Crippen LogP contribution in [0.5, 0.6) is 5.75 Å². The summed E-state index contributed by atoms with van der Waals surface area (Å²) in [7, 11) is 4.68. The fourth-order valence-electron chi connectivity index (χ4n) is 5.04. The summed E-state index contributed by atoms with van der Waals surface area (Å²) in [5.74, 6) is 0.707. The summed E-state index contributed by atoms with van der Waals surface area (Å²) in [6.07, 6.45) is 5.25. The van der Waals surface area contributed by atoms with E-state index in [1.807, 2.05) is 18.2 Å². The highest BCUT2D eigenvalue weighted by atomic mass is 16.5. The van der Waals surface area contributed by atoms with Crippen LogP contribution in [-0.4, -0.2) is 50.3 Å². The molecule has 1 N–H and O–H groups in total. The molecule has 29 heavy (non-hydrogen) atoms. The second-order valence-corrected chi connectivity index (χ2v) is 7.70. The predicted octanol–water partition coefficient (Wildman–Crippen LogP) is 3.60. The van der Waals surface area contributed by atoms with E-state index in [9.17, 15) is 4.79 Å². The summed E-state index contributed by atoms with van der Waals surface area (Å²) in [6.45, 7) is 5.85. The Labute approximate surface area is 171 Å². The molecule has 0 saturated carbocycles. The number of carbonyl (C=O) groups excluding carboxylic acids is 1. The van der Waals surface area contributed by atoms with Crippen LogP contribution in [0.2, 0.25) is 0 Å². The molecular weight excluding hydrogens is 368 g/mol. The Hall–Kier alpha value is -2.73. The molecule has 0 unspecified atom stereocenters. The molecule has 0 radical (unpaired) electrons. The molecule has 6 heteroatoms. The lowest BCUT2D eigenvalue weighted by Crippen LogP contribution is -2.46. The maximum atomic E-state index is 12.4. The fraction of sp³-hybridized carbons (Fsp3) is 0.435. The van der Waals surface area contributed by atoms with Crippen molar-refractivity contribution in [3.05, 3.63) is 53.9 Å². The average molecular weight is 396 g/mol. The normalized spacial score (nSPS) is 24.5. The van der Waals surface area contributed by atoms with Crippen molar-refractivity contribution in [3.63, 3.8) is 0 Å². The van der Waals surface area contributed by atoms with E-state index in [-0.39, 0.29) is 23.8 Å². The van der Waals surface area contributed by atoms with E-state index in [0.717, 1.165) is 37.2 Å². The highest BCUT2D eigenvalue weighted by Crippen LogP contribution is 2.46. The number of fused-ring (bicyclic) bond motifs is 5. The lowest BCUT2D eigenvalue weighted by Gasteiger charge is -2.45. The Morgan fingerprint density at radius 1 is 1.31 bits per heavy atom. The first kappa shape index (κ1) is 19.6. The maximum absolute atomic E-state index is 12.4. The number of rotatable bonds is 5. The highest BCUT2D eigenvalue weighted by Gasteiger charge is 2.42. The first-order chi connectivity index (χ1) is 14.1. The summed E-state index contributed by atoms with van der Waals surface area (Å²) >= 11 is 0. The number of hydrogen-bond acceptors (Lipinski definition) is 5. The van der Waals surface area contributed by atoms with Crippen LogP contribution in [0, 0.1) is 11.8 Å². The van der Waals surface area contributed by atoms with Crippen LogP contribution in [0.4, 0.5) is 0 Å². The van der Waals surface area contributed by atoms with Gasteiger partial charge >= 0.3 is 5.97 Å². The second kappa shape index (κ2) is 7.95. The quantitative estimate of drug-likeness (QED) is 0.362. The monoisotopic (exact) mass is 396 g/mol. The first-order valence-electron chi connectivity index (χ1n) is 9.98. The summed E-state index contributed by atoms with van der Waals surface area (Å²) in [5, 5.41) is 1.17. The summed E-state index contributed by atoms with van der Waals surface area (Å²) in [6, 6.07) is 6.31. The predicted molar refractivity (Wildman–Crippen MR) is 112 cm³/mol. The van der Waals surface area contributed by atoms with E-state index in [1.165, 1.54) is 30.0 Å². The van der Waals surface area contributed by atoms with E-state index >= 15 is 0 Å². The van der Waals surface area contributed by atoms with Gasteiger partial charge in [-0.2, -0.15) is 0 Å². The zero-order valence-electron chi connectivity index (χ0n) is 17.2. The Balaban J connectivity index is 1.77. The number of piperidine rings is 1. The lowest BCUT2D eigenvalue weighted by atomic mass is 9.75. The summed E-state index contributed by atoms with van der Waals surface area (Å²) < 4.78 is 15.9. The van der Waals surface area contributed by atoms with Crippen molar-refractivity contribution >= 4 is 16.9 Å². The molecule has 3 heterocycles. The zero-order valence-corrected chi connectivity index (χ0v) is 17.2.